The van der Waals surface area contributed by atoms with Gasteiger partial charge in [-0.25, -0.2) is 9.59 Å². The van der Waals surface area contributed by atoms with Crippen molar-refractivity contribution in [3.8, 4) is 0 Å². The van der Waals surface area contributed by atoms with Crippen molar-refractivity contribution in [1.82, 2.24) is 0 Å². The van der Waals surface area contributed by atoms with E-state index in [9.17, 15) is 9.59 Å². The number of hydrogen-bond acceptors (Lipinski definition) is 2. The molecule has 0 amide bonds. The van der Waals surface area contributed by atoms with E-state index in [1.807, 2.05) is 19.8 Å². The van der Waals surface area contributed by atoms with Crippen LogP contribution in [0.5, 0.6) is 0 Å². The van der Waals surface area contributed by atoms with E-state index in [1.54, 1.807) is 5.94 Å². The molecule has 0 unspecified atom stereocenters. The van der Waals surface area contributed by atoms with E-state index in [0.29, 0.717) is 4.44 Å². The van der Waals surface area contributed by atoms with Gasteiger partial charge < -0.3 is 0 Å². The molecule has 0 aliphatic rings. The molecule has 0 aromatic heterocycles. The van der Waals surface area contributed by atoms with Crippen molar-refractivity contribution in [2.45, 2.75) is 24.4 Å². The Morgan fingerprint density at radius 2 is 1.91 bits per heavy atom. The fourth-order valence-corrected chi connectivity index (χ4v) is 2.95. The average molecular weight is 166 g/mol. The van der Waals surface area contributed by atoms with Crippen LogP contribution < -0.4 is 0 Å². The van der Waals surface area contributed by atoms with Gasteiger partial charge in [0, 0.05) is 6.08 Å². The van der Waals surface area contributed by atoms with Gasteiger partial charge in [0.2, 0.25) is 0 Å². The Morgan fingerprint density at radius 3 is 2.18 bits per heavy atom. The lowest BCUT2D eigenvalue weighted by atomic mass is 10.6. The zero-order chi connectivity index (χ0) is 8.69. The molecular formula is C8H11AlO2. The predicted octanol–water partition coefficient (Wildman–Crippen LogP) is 1.21. The SMILES string of the molecule is C[CH2][Al]([CH2]C)[C](=C=O)C=C=O. The molecule has 2 nitrogen and oxygen atoms in total. The van der Waals surface area contributed by atoms with Crippen LogP contribution in [-0.4, -0.2) is 26.0 Å². The van der Waals surface area contributed by atoms with Crippen molar-refractivity contribution in [3.63, 3.8) is 0 Å². The van der Waals surface area contributed by atoms with Crippen molar-refractivity contribution >= 4 is 26.0 Å². The Labute approximate surface area is 71.0 Å². The lowest BCUT2D eigenvalue weighted by Gasteiger charge is -2.00. The molecule has 11 heavy (non-hydrogen) atoms. The molecule has 0 N–H and O–H groups in total. The first-order chi connectivity index (χ1) is 5.29. The van der Waals surface area contributed by atoms with Gasteiger partial charge in [-0.05, 0) is 4.44 Å². The third-order valence-corrected chi connectivity index (χ3v) is 4.89. The Bertz CT molecular complexity index is 206. The van der Waals surface area contributed by atoms with Crippen molar-refractivity contribution < 1.29 is 9.59 Å². The second kappa shape index (κ2) is 6.16. The fraction of sp³-hybridized carbons (Fsp3) is 0.500. The van der Waals surface area contributed by atoms with Crippen LogP contribution in [0.3, 0.4) is 0 Å². The highest BCUT2D eigenvalue weighted by Gasteiger charge is 2.16. The molecule has 0 bridgehead atoms. The van der Waals surface area contributed by atoms with Crippen LogP contribution in [0, 0.1) is 0 Å². The molecule has 0 aromatic carbocycles. The Morgan fingerprint density at radius 1 is 1.36 bits per heavy atom. The zero-order valence-corrected chi connectivity index (χ0v) is 8.04. The van der Waals surface area contributed by atoms with Gasteiger partial charge in [0.1, 0.15) is 11.9 Å². The molecule has 0 radical (unpaired) electrons. The van der Waals surface area contributed by atoms with E-state index in [1.165, 1.54) is 6.08 Å². The van der Waals surface area contributed by atoms with Gasteiger partial charge in [-0.15, -0.1) is 0 Å². The minimum absolute atomic E-state index is 0.574. The van der Waals surface area contributed by atoms with Crippen molar-refractivity contribution in [1.29, 1.82) is 0 Å². The summed E-state index contributed by atoms with van der Waals surface area (Å²) in [6.07, 6.45) is 1.23. The lowest BCUT2D eigenvalue weighted by Crippen LogP contribution is -2.12. The highest BCUT2D eigenvalue weighted by molar-refractivity contribution is 6.69. The number of hydrogen-bond donors (Lipinski definition) is 0. The monoisotopic (exact) mass is 166 g/mol. The molecule has 3 heteroatoms. The van der Waals surface area contributed by atoms with Gasteiger partial charge >= 0.3 is 14.1 Å². The first kappa shape index (κ1) is 10.4. The topological polar surface area (TPSA) is 34.1 Å². The Balaban J connectivity index is 4.48. The van der Waals surface area contributed by atoms with E-state index in [4.69, 9.17) is 0 Å². The molecule has 0 saturated carbocycles. The number of allylic oxidation sites excluding steroid dienone is 2. The minimum Gasteiger partial charge on any atom is -0.235 e. The third kappa shape index (κ3) is 3.37. The largest absolute Gasteiger partial charge is 0.325 e. The maximum absolute atomic E-state index is 10.3. The lowest BCUT2D eigenvalue weighted by molar-refractivity contribution is 0.566. The van der Waals surface area contributed by atoms with E-state index >= 15 is 0 Å². The van der Waals surface area contributed by atoms with Gasteiger partial charge in [-0.2, -0.15) is 0 Å². The Hall–Kier alpha value is -0.568. The molecule has 0 aliphatic heterocycles. The summed E-state index contributed by atoms with van der Waals surface area (Å²) in [6.45, 7) is 4.08. The average Bonchev–Trinajstić information content (AvgIpc) is 2.05. The summed E-state index contributed by atoms with van der Waals surface area (Å²) >= 11 is -1.15. The maximum atomic E-state index is 10.3. The summed E-state index contributed by atoms with van der Waals surface area (Å²) < 4.78 is 0.574. The number of carbonyl (C=O) groups excluding carboxylic acids is 2. The normalized spacial score (nSPS) is 7.82. The third-order valence-electron chi connectivity index (χ3n) is 1.76. The van der Waals surface area contributed by atoms with Gasteiger partial charge in [-0.1, -0.05) is 24.4 Å². The summed E-state index contributed by atoms with van der Waals surface area (Å²) in [7, 11) is 0. The minimum atomic E-state index is -1.15. The maximum Gasteiger partial charge on any atom is 0.325 e. The molecule has 0 spiro atoms. The van der Waals surface area contributed by atoms with E-state index in [2.05, 4.69) is 0 Å². The Kier molecular flexibility index (Phi) is 5.84. The van der Waals surface area contributed by atoms with E-state index in [-0.39, 0.29) is 0 Å². The second-order valence-corrected chi connectivity index (χ2v) is 5.98. The second-order valence-electron chi connectivity index (χ2n) is 2.33. The smallest absolute Gasteiger partial charge is 0.235 e. The number of rotatable bonds is 4. The van der Waals surface area contributed by atoms with Crippen molar-refractivity contribution in [2.75, 3.05) is 0 Å². The van der Waals surface area contributed by atoms with Gasteiger partial charge in [0.25, 0.3) is 0 Å². The molecule has 0 rings (SSSR count). The molecular weight excluding hydrogens is 155 g/mol. The molecule has 0 fully saturated rings. The van der Waals surface area contributed by atoms with Gasteiger partial charge in [0.15, 0.2) is 0 Å². The molecule has 0 atom stereocenters. The van der Waals surface area contributed by atoms with Gasteiger partial charge in [0.05, 0.1) is 0 Å². The zero-order valence-electron chi connectivity index (χ0n) is 6.89. The summed E-state index contributed by atoms with van der Waals surface area (Å²) in [6, 6.07) is 0. The summed E-state index contributed by atoms with van der Waals surface area (Å²) in [5.74, 6) is 3.44. The van der Waals surface area contributed by atoms with Crippen LogP contribution >= 0.6 is 0 Å². The van der Waals surface area contributed by atoms with Crippen LogP contribution in [0.2, 0.25) is 10.6 Å². The van der Waals surface area contributed by atoms with Crippen molar-refractivity contribution in [2.24, 2.45) is 0 Å². The highest BCUT2D eigenvalue weighted by atomic mass is 27.2. The van der Waals surface area contributed by atoms with E-state index < -0.39 is 14.1 Å². The van der Waals surface area contributed by atoms with Crippen LogP contribution in [-0.2, 0) is 9.59 Å². The molecule has 0 saturated heterocycles. The standard InChI is InChI=1S/C4HO2.2C2H5.Al/c5-3-1-2-4-6;2*1-2;/h1H;2*1H2,2H3;. The fourth-order valence-electron chi connectivity index (χ4n) is 1.02. The summed E-state index contributed by atoms with van der Waals surface area (Å²) in [4.78, 5) is 20.3. The molecule has 0 aliphatic carbocycles. The van der Waals surface area contributed by atoms with Crippen LogP contribution in [0.4, 0.5) is 0 Å². The van der Waals surface area contributed by atoms with Gasteiger partial charge in [-0.3, -0.25) is 0 Å². The van der Waals surface area contributed by atoms with Crippen LogP contribution in [0.1, 0.15) is 13.8 Å². The first-order valence-corrected chi connectivity index (χ1v) is 5.97. The summed E-state index contributed by atoms with van der Waals surface area (Å²) in [5, 5.41) is 2.00. The molecule has 0 aromatic rings. The predicted molar refractivity (Wildman–Crippen MR) is 46.2 cm³/mol. The quantitative estimate of drug-likeness (QED) is 0.357. The summed E-state index contributed by atoms with van der Waals surface area (Å²) in [5.41, 5.74) is 0. The molecule has 0 heterocycles. The highest BCUT2D eigenvalue weighted by Crippen LogP contribution is 2.07. The van der Waals surface area contributed by atoms with Crippen LogP contribution in [0.15, 0.2) is 10.5 Å². The van der Waals surface area contributed by atoms with Crippen LogP contribution in [0.25, 0.3) is 0 Å². The first-order valence-electron chi connectivity index (χ1n) is 3.75. The van der Waals surface area contributed by atoms with Crippen molar-refractivity contribution in [3.05, 3.63) is 10.5 Å². The van der Waals surface area contributed by atoms with E-state index in [0.717, 1.165) is 10.6 Å². The molecule has 58 valence electrons.